The number of nitrogens with zero attached hydrogens (tertiary/aromatic N) is 2. The number of aromatic nitrogens is 2. The zero-order chi connectivity index (χ0) is 13.1. The quantitative estimate of drug-likeness (QED) is 0.487. The van der Waals surface area contributed by atoms with Gasteiger partial charge >= 0.3 is 0 Å². The number of ether oxygens (including phenoxy) is 1. The molecule has 2 aromatic rings. The minimum absolute atomic E-state index is 0.0591. The summed E-state index contributed by atoms with van der Waals surface area (Å²) in [5.41, 5.74) is 0. The lowest BCUT2D eigenvalue weighted by molar-refractivity contribution is 0.417. The molecule has 2 rings (SSSR count). The van der Waals surface area contributed by atoms with Crippen molar-refractivity contribution in [3.8, 4) is 11.6 Å². The van der Waals surface area contributed by atoms with Gasteiger partial charge in [-0.2, -0.15) is 4.98 Å². The van der Waals surface area contributed by atoms with Crippen LogP contribution in [0.4, 0.5) is 8.78 Å². The average Bonchev–Trinajstić information content (AvgIpc) is 2.33. The summed E-state index contributed by atoms with van der Waals surface area (Å²) in [6, 6.07) is 4.24. The predicted molar refractivity (Wildman–Crippen MR) is 65.3 cm³/mol. The van der Waals surface area contributed by atoms with Crippen LogP contribution < -0.4 is 4.74 Å². The van der Waals surface area contributed by atoms with Crippen molar-refractivity contribution in [1.82, 2.24) is 9.97 Å². The third-order valence-electron chi connectivity index (χ3n) is 1.94. The van der Waals surface area contributed by atoms with Crippen molar-refractivity contribution in [2.45, 2.75) is 5.16 Å². The highest BCUT2D eigenvalue weighted by Gasteiger charge is 2.09. The first kappa shape index (κ1) is 13.0. The Morgan fingerprint density at radius 1 is 1.22 bits per heavy atom. The molecule has 18 heavy (non-hydrogen) atoms. The van der Waals surface area contributed by atoms with Crippen LogP contribution in [0.25, 0.3) is 0 Å². The summed E-state index contributed by atoms with van der Waals surface area (Å²) >= 11 is 7.01. The van der Waals surface area contributed by atoms with Gasteiger partial charge < -0.3 is 4.74 Å². The average molecular weight is 289 g/mol. The van der Waals surface area contributed by atoms with Crippen LogP contribution in [0.3, 0.4) is 0 Å². The molecule has 0 aliphatic heterocycles. The number of halogens is 3. The van der Waals surface area contributed by atoms with Gasteiger partial charge in [-0.25, -0.2) is 13.8 Å². The van der Waals surface area contributed by atoms with E-state index >= 15 is 0 Å². The highest BCUT2D eigenvalue weighted by atomic mass is 35.5. The van der Waals surface area contributed by atoms with Gasteiger partial charge in [0, 0.05) is 12.1 Å². The van der Waals surface area contributed by atoms with E-state index in [4.69, 9.17) is 16.3 Å². The molecule has 0 unspecified atom stereocenters. The maximum Gasteiger partial charge on any atom is 0.224 e. The number of benzene rings is 1. The summed E-state index contributed by atoms with van der Waals surface area (Å²) in [4.78, 5) is 7.88. The van der Waals surface area contributed by atoms with Crippen LogP contribution in [0.5, 0.6) is 11.6 Å². The van der Waals surface area contributed by atoms with Crippen molar-refractivity contribution in [3.05, 3.63) is 41.1 Å². The van der Waals surface area contributed by atoms with E-state index in [-0.39, 0.29) is 16.8 Å². The highest BCUT2D eigenvalue weighted by molar-refractivity contribution is 7.98. The van der Waals surface area contributed by atoms with E-state index in [0.717, 1.165) is 18.2 Å². The Hall–Kier alpha value is -1.40. The highest BCUT2D eigenvalue weighted by Crippen LogP contribution is 2.26. The SMILES string of the molecule is CSc1nc(Cl)cc(Oc2cc(F)ccc2F)n1. The molecule has 0 atom stereocenters. The molecule has 0 radical (unpaired) electrons. The molecule has 0 spiro atoms. The van der Waals surface area contributed by atoms with Gasteiger partial charge in [0.1, 0.15) is 11.0 Å². The van der Waals surface area contributed by atoms with Gasteiger partial charge in [0.15, 0.2) is 16.7 Å². The van der Waals surface area contributed by atoms with Gasteiger partial charge in [0.05, 0.1) is 0 Å². The largest absolute Gasteiger partial charge is 0.436 e. The Kier molecular flexibility index (Phi) is 3.98. The summed E-state index contributed by atoms with van der Waals surface area (Å²) < 4.78 is 31.5. The second-order valence-corrected chi connectivity index (χ2v) is 4.35. The van der Waals surface area contributed by atoms with Gasteiger partial charge in [-0.15, -0.1) is 0 Å². The van der Waals surface area contributed by atoms with Crippen molar-refractivity contribution in [3.63, 3.8) is 0 Å². The molecule has 0 saturated carbocycles. The molecule has 0 N–H and O–H groups in total. The molecule has 0 amide bonds. The summed E-state index contributed by atoms with van der Waals surface area (Å²) in [5, 5.41) is 0.551. The van der Waals surface area contributed by atoms with E-state index in [1.54, 1.807) is 6.26 Å². The normalized spacial score (nSPS) is 10.4. The standard InChI is InChI=1S/C11H7ClF2N2OS/c1-18-11-15-9(12)5-10(16-11)17-8-4-6(13)2-3-7(8)14/h2-5H,1H3. The molecule has 94 valence electrons. The topological polar surface area (TPSA) is 35.0 Å². The number of hydrogen-bond acceptors (Lipinski definition) is 4. The van der Waals surface area contributed by atoms with Crippen molar-refractivity contribution in [2.75, 3.05) is 6.26 Å². The molecule has 0 aliphatic carbocycles. The lowest BCUT2D eigenvalue weighted by atomic mass is 10.3. The number of thioether (sulfide) groups is 1. The van der Waals surface area contributed by atoms with Crippen LogP contribution in [-0.2, 0) is 0 Å². The smallest absolute Gasteiger partial charge is 0.224 e. The third-order valence-corrected chi connectivity index (χ3v) is 2.68. The first-order valence-electron chi connectivity index (χ1n) is 4.80. The molecule has 1 heterocycles. The second kappa shape index (κ2) is 5.49. The van der Waals surface area contributed by atoms with Crippen LogP contribution in [0.1, 0.15) is 0 Å². The van der Waals surface area contributed by atoms with Gasteiger partial charge in [0.2, 0.25) is 5.88 Å². The van der Waals surface area contributed by atoms with E-state index in [1.807, 2.05) is 0 Å². The van der Waals surface area contributed by atoms with E-state index in [2.05, 4.69) is 9.97 Å². The van der Waals surface area contributed by atoms with Crippen LogP contribution in [0.15, 0.2) is 29.4 Å². The zero-order valence-corrected chi connectivity index (χ0v) is 10.7. The van der Waals surface area contributed by atoms with Gasteiger partial charge in [-0.1, -0.05) is 23.4 Å². The lowest BCUT2D eigenvalue weighted by Gasteiger charge is -2.07. The first-order chi connectivity index (χ1) is 8.58. The fourth-order valence-corrected chi connectivity index (χ4v) is 1.78. The summed E-state index contributed by atoms with van der Waals surface area (Å²) in [6.45, 7) is 0. The van der Waals surface area contributed by atoms with Crippen molar-refractivity contribution >= 4 is 23.4 Å². The Morgan fingerprint density at radius 3 is 2.72 bits per heavy atom. The van der Waals surface area contributed by atoms with Crippen LogP contribution in [0, 0.1) is 11.6 Å². The van der Waals surface area contributed by atoms with Crippen LogP contribution in [-0.4, -0.2) is 16.2 Å². The van der Waals surface area contributed by atoms with Crippen molar-refractivity contribution < 1.29 is 13.5 Å². The van der Waals surface area contributed by atoms with E-state index in [0.29, 0.717) is 5.16 Å². The molecular weight excluding hydrogens is 282 g/mol. The Balaban J connectivity index is 2.33. The van der Waals surface area contributed by atoms with Crippen LogP contribution >= 0.6 is 23.4 Å². The van der Waals surface area contributed by atoms with Crippen molar-refractivity contribution in [2.24, 2.45) is 0 Å². The van der Waals surface area contributed by atoms with E-state index in [9.17, 15) is 8.78 Å². The lowest BCUT2D eigenvalue weighted by Crippen LogP contribution is -1.95. The number of rotatable bonds is 3. The Labute approximate surface area is 111 Å². The molecule has 7 heteroatoms. The maximum atomic E-state index is 13.4. The maximum absolute atomic E-state index is 13.4. The summed E-state index contributed by atoms with van der Waals surface area (Å²) in [7, 11) is 0. The molecular formula is C11H7ClF2N2OS. The molecule has 0 aliphatic rings. The zero-order valence-electron chi connectivity index (χ0n) is 9.15. The van der Waals surface area contributed by atoms with Gasteiger partial charge in [-0.05, 0) is 18.4 Å². The fourth-order valence-electron chi connectivity index (χ4n) is 1.19. The monoisotopic (exact) mass is 288 g/mol. The molecule has 3 nitrogen and oxygen atoms in total. The van der Waals surface area contributed by atoms with Crippen molar-refractivity contribution in [1.29, 1.82) is 0 Å². The summed E-state index contributed by atoms with van der Waals surface area (Å²) in [5.74, 6) is -1.48. The van der Waals surface area contributed by atoms with Crippen LogP contribution in [0.2, 0.25) is 5.15 Å². The van der Waals surface area contributed by atoms with E-state index in [1.165, 1.54) is 17.8 Å². The minimum atomic E-state index is -0.683. The molecule has 1 aromatic carbocycles. The molecule has 0 bridgehead atoms. The second-order valence-electron chi connectivity index (χ2n) is 3.19. The first-order valence-corrected chi connectivity index (χ1v) is 6.40. The molecule has 0 saturated heterocycles. The van der Waals surface area contributed by atoms with Gasteiger partial charge in [-0.3, -0.25) is 0 Å². The Morgan fingerprint density at radius 2 is 2.00 bits per heavy atom. The predicted octanol–water partition coefficient (Wildman–Crippen LogP) is 3.92. The fraction of sp³-hybridized carbons (Fsp3) is 0.0909. The Bertz CT molecular complexity index is 583. The van der Waals surface area contributed by atoms with Gasteiger partial charge in [0.25, 0.3) is 0 Å². The summed E-state index contributed by atoms with van der Waals surface area (Å²) in [6.07, 6.45) is 1.76. The number of hydrogen-bond donors (Lipinski definition) is 0. The molecule has 1 aromatic heterocycles. The third kappa shape index (κ3) is 3.08. The van der Waals surface area contributed by atoms with E-state index < -0.39 is 11.6 Å². The minimum Gasteiger partial charge on any atom is -0.436 e. The molecule has 0 fully saturated rings.